The first-order valence-electron chi connectivity index (χ1n) is 7.57. The first kappa shape index (κ1) is 16.3. The zero-order valence-electron chi connectivity index (χ0n) is 13.0. The van der Waals surface area contributed by atoms with Crippen molar-refractivity contribution in [2.24, 2.45) is 0 Å². The fraction of sp³-hybridized carbons (Fsp3) is 0.211. The molecule has 0 bridgehead atoms. The molecule has 2 aromatic carbocycles. The van der Waals surface area contributed by atoms with Crippen molar-refractivity contribution in [3.63, 3.8) is 0 Å². The lowest BCUT2D eigenvalue weighted by molar-refractivity contribution is 0.398. The molecule has 0 aliphatic heterocycles. The molecule has 0 atom stereocenters. The molecule has 1 heterocycles. The van der Waals surface area contributed by atoms with Crippen molar-refractivity contribution >= 4 is 27.7 Å². The average Bonchev–Trinajstić information content (AvgIpc) is 2.94. The Hall–Kier alpha value is -1.52. The van der Waals surface area contributed by atoms with Crippen LogP contribution in [0.4, 0.5) is 0 Å². The zero-order chi connectivity index (χ0) is 16.1. The van der Waals surface area contributed by atoms with Crippen molar-refractivity contribution < 1.29 is 4.52 Å². The average molecular weight is 388 g/mol. The molecule has 0 fully saturated rings. The Balaban J connectivity index is 1.64. The molecule has 3 rings (SSSR count). The van der Waals surface area contributed by atoms with E-state index in [2.05, 4.69) is 63.6 Å². The van der Waals surface area contributed by atoms with Crippen LogP contribution in [0.2, 0.25) is 0 Å². The van der Waals surface area contributed by atoms with E-state index in [0.717, 1.165) is 39.4 Å². The van der Waals surface area contributed by atoms with Gasteiger partial charge in [-0.05, 0) is 36.8 Å². The second kappa shape index (κ2) is 7.84. The fourth-order valence-corrected chi connectivity index (χ4v) is 3.74. The predicted octanol–water partition coefficient (Wildman–Crippen LogP) is 5.89. The van der Waals surface area contributed by atoms with Crippen molar-refractivity contribution in [2.45, 2.75) is 19.1 Å². The highest BCUT2D eigenvalue weighted by Crippen LogP contribution is 2.29. The first-order valence-corrected chi connectivity index (χ1v) is 9.51. The van der Waals surface area contributed by atoms with E-state index in [1.807, 2.05) is 30.8 Å². The zero-order valence-corrected chi connectivity index (χ0v) is 15.4. The monoisotopic (exact) mass is 387 g/mol. The molecule has 0 spiro atoms. The maximum absolute atomic E-state index is 5.42. The Kier molecular flexibility index (Phi) is 5.57. The van der Waals surface area contributed by atoms with Crippen molar-refractivity contribution in [3.05, 3.63) is 76.0 Å². The smallest absolute Gasteiger partial charge is 0.138 e. The standard InChI is InChI=1S/C19H18BrNOS/c1-14-18(13-23-12-11-15-5-3-2-4-6-15)19(21-22-14)16-7-9-17(20)10-8-16/h2-10H,11-13H2,1H3. The minimum absolute atomic E-state index is 0.912. The number of thioether (sulfide) groups is 1. The maximum atomic E-state index is 5.42. The van der Waals surface area contributed by atoms with E-state index < -0.39 is 0 Å². The van der Waals surface area contributed by atoms with E-state index in [1.54, 1.807) is 0 Å². The molecule has 0 unspecified atom stereocenters. The van der Waals surface area contributed by atoms with Crippen molar-refractivity contribution in [2.75, 3.05) is 5.75 Å². The van der Waals surface area contributed by atoms with Gasteiger partial charge in [0.05, 0.1) is 0 Å². The van der Waals surface area contributed by atoms with Gasteiger partial charge in [0.2, 0.25) is 0 Å². The Bertz CT molecular complexity index is 753. The van der Waals surface area contributed by atoms with Gasteiger partial charge < -0.3 is 4.52 Å². The quantitative estimate of drug-likeness (QED) is 0.493. The van der Waals surface area contributed by atoms with Gasteiger partial charge in [0.25, 0.3) is 0 Å². The molecule has 0 radical (unpaired) electrons. The minimum atomic E-state index is 0.912. The number of hydrogen-bond donors (Lipinski definition) is 0. The highest BCUT2D eigenvalue weighted by molar-refractivity contribution is 9.10. The van der Waals surface area contributed by atoms with Crippen LogP contribution < -0.4 is 0 Å². The van der Waals surface area contributed by atoms with Crippen molar-refractivity contribution in [3.8, 4) is 11.3 Å². The van der Waals surface area contributed by atoms with Crippen molar-refractivity contribution in [1.29, 1.82) is 0 Å². The number of hydrogen-bond acceptors (Lipinski definition) is 3. The van der Waals surface area contributed by atoms with Gasteiger partial charge in [0, 0.05) is 21.4 Å². The van der Waals surface area contributed by atoms with Crippen LogP contribution in [0.3, 0.4) is 0 Å². The third-order valence-electron chi connectivity index (χ3n) is 3.73. The SMILES string of the molecule is Cc1onc(-c2ccc(Br)cc2)c1CSCCc1ccccc1. The minimum Gasteiger partial charge on any atom is -0.361 e. The van der Waals surface area contributed by atoms with Crippen molar-refractivity contribution in [1.82, 2.24) is 5.16 Å². The summed E-state index contributed by atoms with van der Waals surface area (Å²) in [6.45, 7) is 1.99. The van der Waals surface area contributed by atoms with Gasteiger partial charge >= 0.3 is 0 Å². The molecule has 2 nitrogen and oxygen atoms in total. The van der Waals surface area contributed by atoms with Crippen LogP contribution in [0.15, 0.2) is 63.6 Å². The third-order valence-corrected chi connectivity index (χ3v) is 5.24. The van der Waals surface area contributed by atoms with Gasteiger partial charge in [-0.2, -0.15) is 11.8 Å². The number of nitrogens with zero attached hydrogens (tertiary/aromatic N) is 1. The summed E-state index contributed by atoms with van der Waals surface area (Å²) in [4.78, 5) is 0. The Labute approximate surface area is 149 Å². The van der Waals surface area contributed by atoms with Crippen LogP contribution in [0.25, 0.3) is 11.3 Å². The van der Waals surface area contributed by atoms with E-state index in [-0.39, 0.29) is 0 Å². The van der Waals surface area contributed by atoms with E-state index >= 15 is 0 Å². The molecule has 0 N–H and O–H groups in total. The van der Waals surface area contributed by atoms with Gasteiger partial charge in [-0.1, -0.05) is 63.6 Å². The van der Waals surface area contributed by atoms with Gasteiger partial charge in [0.15, 0.2) is 0 Å². The second-order valence-electron chi connectivity index (χ2n) is 5.36. The molecule has 3 aromatic rings. The largest absolute Gasteiger partial charge is 0.361 e. The number of halogens is 1. The summed E-state index contributed by atoms with van der Waals surface area (Å²) in [6, 6.07) is 18.8. The molecule has 0 aliphatic rings. The molecule has 0 amide bonds. The van der Waals surface area contributed by atoms with Crippen LogP contribution in [-0.4, -0.2) is 10.9 Å². The summed E-state index contributed by atoms with van der Waals surface area (Å²) in [5.74, 6) is 2.93. The summed E-state index contributed by atoms with van der Waals surface area (Å²) in [7, 11) is 0. The summed E-state index contributed by atoms with van der Waals surface area (Å²) >= 11 is 5.39. The number of aryl methyl sites for hydroxylation is 2. The molecule has 118 valence electrons. The van der Waals surface area contributed by atoms with Gasteiger partial charge in [-0.25, -0.2) is 0 Å². The second-order valence-corrected chi connectivity index (χ2v) is 7.38. The van der Waals surface area contributed by atoms with Gasteiger partial charge in [0.1, 0.15) is 11.5 Å². The first-order chi connectivity index (χ1) is 11.2. The van der Waals surface area contributed by atoms with Crippen LogP contribution in [0, 0.1) is 6.92 Å². The number of benzene rings is 2. The molecule has 4 heteroatoms. The summed E-state index contributed by atoms with van der Waals surface area (Å²) < 4.78 is 6.49. The van der Waals surface area contributed by atoms with Crippen LogP contribution >= 0.6 is 27.7 Å². The highest BCUT2D eigenvalue weighted by atomic mass is 79.9. The molecule has 1 aromatic heterocycles. The van der Waals surface area contributed by atoms with Crippen LogP contribution in [-0.2, 0) is 12.2 Å². The fourth-order valence-electron chi connectivity index (χ4n) is 2.40. The van der Waals surface area contributed by atoms with E-state index in [4.69, 9.17) is 4.52 Å². The number of aromatic nitrogens is 1. The molecule has 0 aliphatic carbocycles. The van der Waals surface area contributed by atoms with E-state index in [0.29, 0.717) is 0 Å². The Morgan fingerprint density at radius 3 is 2.52 bits per heavy atom. The Morgan fingerprint density at radius 1 is 1.04 bits per heavy atom. The highest BCUT2D eigenvalue weighted by Gasteiger charge is 2.14. The van der Waals surface area contributed by atoms with E-state index in [1.165, 1.54) is 11.1 Å². The van der Waals surface area contributed by atoms with Crippen LogP contribution in [0.5, 0.6) is 0 Å². The van der Waals surface area contributed by atoms with Gasteiger partial charge in [-0.3, -0.25) is 0 Å². The lowest BCUT2D eigenvalue weighted by atomic mass is 10.1. The normalized spacial score (nSPS) is 10.9. The molecule has 0 saturated heterocycles. The Morgan fingerprint density at radius 2 is 1.78 bits per heavy atom. The number of rotatable bonds is 6. The maximum Gasteiger partial charge on any atom is 0.138 e. The molecule has 23 heavy (non-hydrogen) atoms. The predicted molar refractivity (Wildman–Crippen MR) is 101 cm³/mol. The molecule has 0 saturated carbocycles. The summed E-state index contributed by atoms with van der Waals surface area (Å²) in [6.07, 6.45) is 1.09. The van der Waals surface area contributed by atoms with E-state index in [9.17, 15) is 0 Å². The third kappa shape index (κ3) is 4.27. The molecular weight excluding hydrogens is 370 g/mol. The lowest BCUT2D eigenvalue weighted by Crippen LogP contribution is -1.91. The van der Waals surface area contributed by atoms with Gasteiger partial charge in [-0.15, -0.1) is 0 Å². The summed E-state index contributed by atoms with van der Waals surface area (Å²) in [5, 5.41) is 4.25. The van der Waals surface area contributed by atoms with Crippen LogP contribution in [0.1, 0.15) is 16.9 Å². The topological polar surface area (TPSA) is 26.0 Å². The summed E-state index contributed by atoms with van der Waals surface area (Å²) in [5.41, 5.74) is 4.64. The molecular formula is C19H18BrNOS. The lowest BCUT2D eigenvalue weighted by Gasteiger charge is -2.04.